The molecule has 0 aliphatic heterocycles. The molecule has 0 aromatic heterocycles. The summed E-state index contributed by atoms with van der Waals surface area (Å²) in [4.78, 5) is 0. The Morgan fingerprint density at radius 2 is 2.22 bits per heavy atom. The van der Waals surface area contributed by atoms with Crippen molar-refractivity contribution in [1.29, 1.82) is 0 Å². The molecule has 0 atom stereocenters. The first kappa shape index (κ1) is 8.66. The summed E-state index contributed by atoms with van der Waals surface area (Å²) in [5.74, 6) is 5.51. The molecule has 2 heteroatoms. The Bertz CT molecular complexity index is 88.9. The summed E-state index contributed by atoms with van der Waals surface area (Å²) >= 11 is 0. The van der Waals surface area contributed by atoms with Gasteiger partial charge in [-0.05, 0) is 13.3 Å². The van der Waals surface area contributed by atoms with Crippen LogP contribution in [0.3, 0.4) is 0 Å². The van der Waals surface area contributed by atoms with Gasteiger partial charge in [0.15, 0.2) is 0 Å². The third-order valence-corrected chi connectivity index (χ3v) is 1.23. The van der Waals surface area contributed by atoms with Gasteiger partial charge in [-0.25, -0.2) is 5.01 Å². The molecule has 0 saturated heterocycles. The largest absolute Gasteiger partial charge is 0.269 e. The molecule has 0 radical (unpaired) electrons. The third kappa shape index (κ3) is 5.53. The molecule has 0 amide bonds. The molecule has 0 heterocycles. The van der Waals surface area contributed by atoms with Gasteiger partial charge in [-0.2, -0.15) is 0 Å². The summed E-state index contributed by atoms with van der Waals surface area (Å²) in [6.07, 6.45) is 1.00. The van der Waals surface area contributed by atoms with Crippen LogP contribution in [-0.2, 0) is 0 Å². The van der Waals surface area contributed by atoms with Crippen LogP contribution in [0.15, 0.2) is 12.2 Å². The Hall–Kier alpha value is -0.340. The van der Waals surface area contributed by atoms with Gasteiger partial charge in [0.25, 0.3) is 0 Å². The Balaban J connectivity index is 3.16. The van der Waals surface area contributed by atoms with Crippen LogP contribution in [0.25, 0.3) is 0 Å². The highest BCUT2D eigenvalue weighted by molar-refractivity contribution is 4.87. The molecule has 0 aromatic rings. The first-order chi connectivity index (χ1) is 4.16. The van der Waals surface area contributed by atoms with Gasteiger partial charge in [0.2, 0.25) is 0 Å². The molecule has 0 bridgehead atoms. The smallest absolute Gasteiger partial charge is 0.0165 e. The van der Waals surface area contributed by atoms with Crippen LogP contribution < -0.4 is 5.84 Å². The summed E-state index contributed by atoms with van der Waals surface area (Å²) in [5, 5.41) is 1.79. The maximum Gasteiger partial charge on any atom is 0.0165 e. The van der Waals surface area contributed by atoms with Crippen molar-refractivity contribution in [3.05, 3.63) is 12.2 Å². The lowest BCUT2D eigenvalue weighted by Crippen LogP contribution is -2.31. The molecule has 2 N–H and O–H groups in total. The van der Waals surface area contributed by atoms with Crippen LogP contribution >= 0.6 is 0 Å². The van der Waals surface area contributed by atoms with E-state index in [0.29, 0.717) is 0 Å². The van der Waals surface area contributed by atoms with E-state index in [9.17, 15) is 0 Å². The van der Waals surface area contributed by atoms with E-state index in [2.05, 4.69) is 6.58 Å². The van der Waals surface area contributed by atoms with Crippen molar-refractivity contribution in [2.75, 3.05) is 13.1 Å². The van der Waals surface area contributed by atoms with E-state index in [-0.39, 0.29) is 0 Å². The van der Waals surface area contributed by atoms with Crippen molar-refractivity contribution >= 4 is 0 Å². The Morgan fingerprint density at radius 3 is 2.56 bits per heavy atom. The fourth-order valence-corrected chi connectivity index (χ4v) is 0.493. The van der Waals surface area contributed by atoms with E-state index in [1.54, 1.807) is 5.01 Å². The minimum Gasteiger partial charge on any atom is -0.269 e. The third-order valence-electron chi connectivity index (χ3n) is 1.23. The lowest BCUT2D eigenvalue weighted by Gasteiger charge is -2.12. The number of hydrogen-bond donors (Lipinski definition) is 1. The molecule has 2 nitrogen and oxygen atoms in total. The van der Waals surface area contributed by atoms with Gasteiger partial charge in [-0.1, -0.05) is 12.5 Å². The second-order valence-electron chi connectivity index (χ2n) is 2.34. The minimum atomic E-state index is 0.910. The summed E-state index contributed by atoms with van der Waals surface area (Å²) in [6.45, 7) is 9.67. The number of rotatable bonds is 4. The zero-order valence-electron chi connectivity index (χ0n) is 6.35. The Kier molecular flexibility index (Phi) is 4.36. The average molecular weight is 128 g/mol. The molecule has 0 fully saturated rings. The maximum absolute atomic E-state index is 5.51. The van der Waals surface area contributed by atoms with E-state index >= 15 is 0 Å². The molecule has 0 aromatic carbocycles. The standard InChI is InChI=1S/C7H16N2/c1-4-9(8)6-5-7(2)3/h2,4-6,8H2,1,3H3. The predicted molar refractivity (Wildman–Crippen MR) is 40.9 cm³/mol. The fraction of sp³-hybridized carbons (Fsp3) is 0.714. The van der Waals surface area contributed by atoms with Crippen molar-refractivity contribution in [3.8, 4) is 0 Å². The van der Waals surface area contributed by atoms with Crippen LogP contribution in [0.1, 0.15) is 20.3 Å². The van der Waals surface area contributed by atoms with Crippen LogP contribution in [0.2, 0.25) is 0 Å². The molecule has 0 aliphatic rings. The van der Waals surface area contributed by atoms with Gasteiger partial charge in [0.1, 0.15) is 0 Å². The van der Waals surface area contributed by atoms with Crippen molar-refractivity contribution in [1.82, 2.24) is 5.01 Å². The topological polar surface area (TPSA) is 29.3 Å². The van der Waals surface area contributed by atoms with Crippen LogP contribution in [0.4, 0.5) is 0 Å². The van der Waals surface area contributed by atoms with Crippen molar-refractivity contribution in [3.63, 3.8) is 0 Å². The molecule has 0 aliphatic carbocycles. The second-order valence-corrected chi connectivity index (χ2v) is 2.34. The fourth-order valence-electron chi connectivity index (χ4n) is 0.493. The zero-order valence-corrected chi connectivity index (χ0v) is 6.35. The van der Waals surface area contributed by atoms with Gasteiger partial charge in [0.05, 0.1) is 0 Å². The second kappa shape index (κ2) is 4.53. The summed E-state index contributed by atoms with van der Waals surface area (Å²) in [6, 6.07) is 0. The number of nitrogens with zero attached hydrogens (tertiary/aromatic N) is 1. The van der Waals surface area contributed by atoms with Gasteiger partial charge in [-0.15, -0.1) is 6.58 Å². The van der Waals surface area contributed by atoms with Gasteiger partial charge in [-0.3, -0.25) is 5.84 Å². The number of nitrogens with two attached hydrogens (primary N) is 1. The van der Waals surface area contributed by atoms with Crippen LogP contribution in [0, 0.1) is 0 Å². The molecule has 0 saturated carbocycles. The molecule has 0 rings (SSSR count). The van der Waals surface area contributed by atoms with E-state index in [1.807, 2.05) is 13.8 Å². The van der Waals surface area contributed by atoms with E-state index in [0.717, 1.165) is 19.5 Å². The molecular weight excluding hydrogens is 112 g/mol. The van der Waals surface area contributed by atoms with Crippen molar-refractivity contribution < 1.29 is 0 Å². The first-order valence-electron chi connectivity index (χ1n) is 3.30. The lowest BCUT2D eigenvalue weighted by atomic mass is 10.2. The SMILES string of the molecule is C=C(C)CCN(N)CC. The predicted octanol–water partition coefficient (Wildman–Crippen LogP) is 1.15. The normalized spacial score (nSPS) is 10.2. The maximum atomic E-state index is 5.51. The lowest BCUT2D eigenvalue weighted by molar-refractivity contribution is 0.303. The Labute approximate surface area is 57.3 Å². The average Bonchev–Trinajstić information content (AvgIpc) is 1.83. The molecule has 0 unspecified atom stereocenters. The zero-order chi connectivity index (χ0) is 7.28. The first-order valence-corrected chi connectivity index (χ1v) is 3.30. The molecular formula is C7H16N2. The van der Waals surface area contributed by atoms with Crippen molar-refractivity contribution in [2.45, 2.75) is 20.3 Å². The molecule has 54 valence electrons. The van der Waals surface area contributed by atoms with Crippen molar-refractivity contribution in [2.24, 2.45) is 5.84 Å². The molecule has 0 spiro atoms. The summed E-state index contributed by atoms with van der Waals surface area (Å²) in [5.41, 5.74) is 1.19. The van der Waals surface area contributed by atoms with Crippen LogP contribution in [0.5, 0.6) is 0 Å². The van der Waals surface area contributed by atoms with Crippen LogP contribution in [-0.4, -0.2) is 18.1 Å². The molecule has 9 heavy (non-hydrogen) atoms. The summed E-state index contributed by atoms with van der Waals surface area (Å²) < 4.78 is 0. The van der Waals surface area contributed by atoms with E-state index in [4.69, 9.17) is 5.84 Å². The highest BCUT2D eigenvalue weighted by atomic mass is 15.4. The summed E-state index contributed by atoms with van der Waals surface area (Å²) in [7, 11) is 0. The van der Waals surface area contributed by atoms with Gasteiger partial charge >= 0.3 is 0 Å². The van der Waals surface area contributed by atoms with E-state index in [1.165, 1.54) is 5.57 Å². The number of hydrazine groups is 1. The quantitative estimate of drug-likeness (QED) is 0.349. The van der Waals surface area contributed by atoms with E-state index < -0.39 is 0 Å². The Morgan fingerprint density at radius 1 is 1.67 bits per heavy atom. The minimum absolute atomic E-state index is 0.910. The number of hydrogen-bond acceptors (Lipinski definition) is 2. The monoisotopic (exact) mass is 128 g/mol. The van der Waals surface area contributed by atoms with Gasteiger partial charge in [0, 0.05) is 13.1 Å². The van der Waals surface area contributed by atoms with Gasteiger partial charge < -0.3 is 0 Å². The highest BCUT2D eigenvalue weighted by Crippen LogP contribution is 1.94. The highest BCUT2D eigenvalue weighted by Gasteiger charge is 1.92.